The molecule has 1 atom stereocenters. The van der Waals surface area contributed by atoms with Gasteiger partial charge in [-0.05, 0) is 60.5 Å². The van der Waals surface area contributed by atoms with Crippen LogP contribution >= 0.6 is 15.9 Å². The molecule has 4 aromatic rings. The molecule has 2 heterocycles. The molecule has 1 aliphatic rings. The molecule has 0 saturated carbocycles. The van der Waals surface area contributed by atoms with Gasteiger partial charge >= 0.3 is 0 Å². The highest BCUT2D eigenvalue weighted by molar-refractivity contribution is 9.10. The Morgan fingerprint density at radius 2 is 1.88 bits per heavy atom. The molecular weight excluding hydrogens is 489 g/mol. The number of carbonyl (C=O) groups excluding carboxylic acids is 1. The highest BCUT2D eigenvalue weighted by atomic mass is 79.9. The van der Waals surface area contributed by atoms with E-state index >= 15 is 0 Å². The largest absolute Gasteiger partial charge is 0.494 e. The lowest BCUT2D eigenvalue weighted by Gasteiger charge is -2.25. The molecule has 5 rings (SSSR count). The summed E-state index contributed by atoms with van der Waals surface area (Å²) in [5.41, 5.74) is 1.22. The van der Waals surface area contributed by atoms with E-state index in [4.69, 9.17) is 9.15 Å². The van der Waals surface area contributed by atoms with Crippen molar-refractivity contribution < 1.29 is 18.3 Å². The van der Waals surface area contributed by atoms with E-state index < -0.39 is 23.2 Å². The second-order valence-electron chi connectivity index (χ2n) is 7.79. The van der Waals surface area contributed by atoms with E-state index in [1.807, 2.05) is 43.3 Å². The van der Waals surface area contributed by atoms with Gasteiger partial charge in [0.15, 0.2) is 5.43 Å². The highest BCUT2D eigenvalue weighted by Gasteiger charge is 2.43. The van der Waals surface area contributed by atoms with Gasteiger partial charge in [0.1, 0.15) is 17.1 Å². The van der Waals surface area contributed by atoms with Gasteiger partial charge in [0.2, 0.25) is 5.76 Å². The van der Waals surface area contributed by atoms with Crippen molar-refractivity contribution in [3.8, 4) is 5.75 Å². The van der Waals surface area contributed by atoms with Gasteiger partial charge in [-0.15, -0.1) is 0 Å². The van der Waals surface area contributed by atoms with Crippen LogP contribution in [-0.2, 0) is 0 Å². The monoisotopic (exact) mass is 507 g/mol. The molecule has 3 aromatic carbocycles. The van der Waals surface area contributed by atoms with Gasteiger partial charge in [-0.2, -0.15) is 0 Å². The Balaban J connectivity index is 1.77. The number of halogens is 2. The zero-order valence-electron chi connectivity index (χ0n) is 17.7. The summed E-state index contributed by atoms with van der Waals surface area (Å²) in [5.74, 6) is -0.379. The molecule has 1 aliphatic heterocycles. The first-order valence-electron chi connectivity index (χ1n) is 10.6. The van der Waals surface area contributed by atoms with Crippen molar-refractivity contribution in [2.75, 3.05) is 11.5 Å². The number of carbonyl (C=O) groups is 1. The van der Waals surface area contributed by atoms with E-state index in [2.05, 4.69) is 15.9 Å². The van der Waals surface area contributed by atoms with Crippen LogP contribution in [0.1, 0.15) is 41.1 Å². The van der Waals surface area contributed by atoms with Crippen LogP contribution in [0.15, 0.2) is 80.4 Å². The maximum Gasteiger partial charge on any atom is 0.295 e. The van der Waals surface area contributed by atoms with Gasteiger partial charge in [0.25, 0.3) is 5.91 Å². The summed E-state index contributed by atoms with van der Waals surface area (Å²) in [6.07, 6.45) is 0.848. The molecule has 5 nitrogen and oxygen atoms in total. The quantitative estimate of drug-likeness (QED) is 0.321. The normalized spacial score (nSPS) is 15.2. The molecular formula is C26H19BrFNO4. The smallest absolute Gasteiger partial charge is 0.295 e. The van der Waals surface area contributed by atoms with Crippen LogP contribution in [0, 0.1) is 5.82 Å². The van der Waals surface area contributed by atoms with Crippen LogP contribution in [0.5, 0.6) is 5.75 Å². The molecule has 33 heavy (non-hydrogen) atoms. The predicted octanol–water partition coefficient (Wildman–Crippen LogP) is 6.23. The van der Waals surface area contributed by atoms with Gasteiger partial charge in [-0.25, -0.2) is 4.39 Å². The second kappa shape index (κ2) is 8.48. The number of nitrogens with zero attached hydrogens (tertiary/aromatic N) is 1. The third kappa shape index (κ3) is 3.72. The molecule has 166 valence electrons. The van der Waals surface area contributed by atoms with E-state index in [0.717, 1.165) is 17.0 Å². The van der Waals surface area contributed by atoms with Crippen molar-refractivity contribution in [1.82, 2.24) is 0 Å². The molecule has 0 spiro atoms. The van der Waals surface area contributed by atoms with Crippen LogP contribution in [0.2, 0.25) is 0 Å². The van der Waals surface area contributed by atoms with Gasteiger partial charge in [0.05, 0.1) is 23.6 Å². The Labute approximate surface area is 197 Å². The first kappa shape index (κ1) is 21.4. The summed E-state index contributed by atoms with van der Waals surface area (Å²) in [5, 5.41) is 0.0982. The second-order valence-corrected chi connectivity index (χ2v) is 8.71. The van der Waals surface area contributed by atoms with Crippen LogP contribution in [0.4, 0.5) is 10.1 Å². The topological polar surface area (TPSA) is 59.8 Å². The number of benzene rings is 3. The van der Waals surface area contributed by atoms with Gasteiger partial charge in [0, 0.05) is 10.2 Å². The number of ether oxygens (including phenoxy) is 1. The minimum Gasteiger partial charge on any atom is -0.494 e. The molecule has 0 bridgehead atoms. The lowest BCUT2D eigenvalue weighted by atomic mass is 9.98. The number of hydrogen-bond acceptors (Lipinski definition) is 4. The molecule has 0 saturated heterocycles. The van der Waals surface area contributed by atoms with Crippen molar-refractivity contribution in [3.05, 3.63) is 104 Å². The SMILES string of the molecule is CCCOc1cccc(C2c3c(oc4ccc(F)cc4c3=O)C(=O)N2c2cccc(Br)c2)c1. The van der Waals surface area contributed by atoms with E-state index in [-0.39, 0.29) is 22.3 Å². The minimum absolute atomic E-state index is 0.0380. The summed E-state index contributed by atoms with van der Waals surface area (Å²) in [7, 11) is 0. The van der Waals surface area contributed by atoms with E-state index in [1.165, 1.54) is 17.0 Å². The lowest BCUT2D eigenvalue weighted by molar-refractivity contribution is 0.0971. The molecule has 0 radical (unpaired) electrons. The predicted molar refractivity (Wildman–Crippen MR) is 127 cm³/mol. The van der Waals surface area contributed by atoms with Crippen molar-refractivity contribution in [1.29, 1.82) is 0 Å². The lowest BCUT2D eigenvalue weighted by Crippen LogP contribution is -2.29. The average molecular weight is 508 g/mol. The fourth-order valence-corrected chi connectivity index (χ4v) is 4.53. The van der Waals surface area contributed by atoms with Crippen molar-refractivity contribution in [3.63, 3.8) is 0 Å². The molecule has 1 amide bonds. The van der Waals surface area contributed by atoms with Crippen molar-refractivity contribution in [2.45, 2.75) is 19.4 Å². The van der Waals surface area contributed by atoms with Crippen molar-refractivity contribution >= 4 is 38.5 Å². The molecule has 1 aromatic heterocycles. The molecule has 7 heteroatoms. The molecule has 0 N–H and O–H groups in total. The number of amides is 1. The maximum absolute atomic E-state index is 13.9. The van der Waals surface area contributed by atoms with Crippen LogP contribution in [0.25, 0.3) is 11.0 Å². The standard InChI is InChI=1S/C26H19BrFNO4/c1-2-11-32-19-8-3-5-15(12-19)23-22-24(30)20-14-17(28)9-10-21(20)33-25(22)26(31)29(23)18-7-4-6-16(27)13-18/h3-10,12-14,23H,2,11H2,1H3. The molecule has 0 fully saturated rings. The number of rotatable bonds is 5. The Hall–Kier alpha value is -3.45. The third-order valence-electron chi connectivity index (χ3n) is 5.57. The highest BCUT2D eigenvalue weighted by Crippen LogP contribution is 2.42. The van der Waals surface area contributed by atoms with Crippen LogP contribution in [-0.4, -0.2) is 12.5 Å². The van der Waals surface area contributed by atoms with E-state index in [9.17, 15) is 14.0 Å². The Kier molecular flexibility index (Phi) is 5.50. The Bertz CT molecular complexity index is 1450. The Morgan fingerprint density at radius 3 is 2.67 bits per heavy atom. The summed E-state index contributed by atoms with van der Waals surface area (Å²) in [4.78, 5) is 28.7. The zero-order chi connectivity index (χ0) is 23.1. The van der Waals surface area contributed by atoms with Crippen LogP contribution in [0.3, 0.4) is 0 Å². The van der Waals surface area contributed by atoms with Gasteiger partial charge < -0.3 is 9.15 Å². The fourth-order valence-electron chi connectivity index (χ4n) is 4.15. The minimum atomic E-state index is -0.754. The maximum atomic E-state index is 13.9. The average Bonchev–Trinajstić information content (AvgIpc) is 3.11. The third-order valence-corrected chi connectivity index (χ3v) is 6.06. The Morgan fingerprint density at radius 1 is 1.06 bits per heavy atom. The van der Waals surface area contributed by atoms with E-state index in [1.54, 1.807) is 12.1 Å². The summed E-state index contributed by atoms with van der Waals surface area (Å²) in [6, 6.07) is 17.5. The van der Waals surface area contributed by atoms with Crippen molar-refractivity contribution in [2.24, 2.45) is 0 Å². The van der Waals surface area contributed by atoms with Crippen LogP contribution < -0.4 is 15.1 Å². The zero-order valence-corrected chi connectivity index (χ0v) is 19.3. The fraction of sp³-hybridized carbons (Fsp3) is 0.154. The summed E-state index contributed by atoms with van der Waals surface area (Å²) < 4.78 is 26.4. The number of fused-ring (bicyclic) bond motifs is 2. The molecule has 1 unspecified atom stereocenters. The van der Waals surface area contributed by atoms with Gasteiger partial charge in [-0.3, -0.25) is 14.5 Å². The molecule has 0 aliphatic carbocycles. The number of anilines is 1. The number of hydrogen-bond donors (Lipinski definition) is 0. The van der Waals surface area contributed by atoms with E-state index in [0.29, 0.717) is 23.6 Å². The summed E-state index contributed by atoms with van der Waals surface area (Å²) >= 11 is 3.45. The summed E-state index contributed by atoms with van der Waals surface area (Å²) in [6.45, 7) is 2.56. The first-order valence-corrected chi connectivity index (χ1v) is 11.4. The first-order chi connectivity index (χ1) is 16.0. The van der Waals surface area contributed by atoms with Gasteiger partial charge in [-0.1, -0.05) is 41.1 Å².